The fraction of sp³-hybridized carbons (Fsp3) is 0.211. The van der Waals surface area contributed by atoms with Gasteiger partial charge in [0.2, 0.25) is 0 Å². The van der Waals surface area contributed by atoms with Crippen LogP contribution >= 0.6 is 11.6 Å². The summed E-state index contributed by atoms with van der Waals surface area (Å²) in [7, 11) is 0. The van der Waals surface area contributed by atoms with Crippen molar-refractivity contribution in [1.29, 1.82) is 0 Å². The molecule has 0 bridgehead atoms. The largest absolute Gasteiger partial charge is 0.392 e. The Morgan fingerprint density at radius 1 is 1.04 bits per heavy atom. The molecule has 0 radical (unpaired) electrons. The molecule has 2 aromatic carbocycles. The van der Waals surface area contributed by atoms with Crippen LogP contribution in [-0.2, 0) is 19.6 Å². The van der Waals surface area contributed by atoms with Crippen LogP contribution in [0.5, 0.6) is 0 Å². The zero-order valence-corrected chi connectivity index (χ0v) is 14.3. The van der Waals surface area contributed by atoms with Gasteiger partial charge in [-0.25, -0.2) is 4.68 Å². The minimum absolute atomic E-state index is 0.0710. The van der Waals surface area contributed by atoms with Crippen LogP contribution in [0.2, 0.25) is 5.02 Å². The third-order valence-electron chi connectivity index (χ3n) is 3.96. The lowest BCUT2D eigenvalue weighted by atomic mass is 10.1. The summed E-state index contributed by atoms with van der Waals surface area (Å²) in [5, 5.41) is 17.8. The molecule has 0 atom stereocenters. The molecule has 1 heterocycles. The fourth-order valence-electron chi connectivity index (χ4n) is 2.63. The number of halogens is 1. The molecule has 24 heavy (non-hydrogen) atoms. The molecule has 0 amide bonds. The molecule has 0 aliphatic carbocycles. The highest BCUT2D eigenvalue weighted by Crippen LogP contribution is 2.22. The van der Waals surface area contributed by atoms with Crippen LogP contribution in [0.4, 0.5) is 5.69 Å². The van der Waals surface area contributed by atoms with Gasteiger partial charge in [-0.3, -0.25) is 0 Å². The molecule has 124 valence electrons. The van der Waals surface area contributed by atoms with Gasteiger partial charge in [0, 0.05) is 11.6 Å². The van der Waals surface area contributed by atoms with Crippen molar-refractivity contribution in [3.63, 3.8) is 0 Å². The Kier molecular flexibility index (Phi) is 5.18. The van der Waals surface area contributed by atoms with E-state index in [0.717, 1.165) is 34.6 Å². The first-order valence-electron chi connectivity index (χ1n) is 7.96. The molecule has 2 N–H and O–H groups in total. The molecule has 0 unspecified atom stereocenters. The lowest BCUT2D eigenvalue weighted by Crippen LogP contribution is -2.05. The van der Waals surface area contributed by atoms with Gasteiger partial charge in [-0.15, -0.1) is 0 Å². The van der Waals surface area contributed by atoms with Crippen LogP contribution in [0.1, 0.15) is 23.7 Å². The summed E-state index contributed by atoms with van der Waals surface area (Å²) in [6, 6.07) is 15.6. The van der Waals surface area contributed by atoms with E-state index in [2.05, 4.69) is 17.3 Å². The Bertz CT molecular complexity index is 794. The second-order valence-electron chi connectivity index (χ2n) is 5.57. The maximum atomic E-state index is 9.10. The number of aliphatic hydroxyl groups excluding tert-OH is 1. The van der Waals surface area contributed by atoms with Crippen molar-refractivity contribution < 1.29 is 5.11 Å². The van der Waals surface area contributed by atoms with Gasteiger partial charge in [0.05, 0.1) is 29.9 Å². The summed E-state index contributed by atoms with van der Waals surface area (Å²) in [6.45, 7) is 2.90. The standard InChI is InChI=1S/C19H20ClN3O/c1-2-19-18(21-11-14-3-5-15(13-24)6-4-14)12-22-23(19)17-9-7-16(20)8-10-17/h3-10,12,21,24H,2,11,13H2,1H3. The summed E-state index contributed by atoms with van der Waals surface area (Å²) < 4.78 is 1.94. The lowest BCUT2D eigenvalue weighted by Gasteiger charge is -2.10. The predicted molar refractivity (Wildman–Crippen MR) is 97.6 cm³/mol. The number of aliphatic hydroxyl groups is 1. The van der Waals surface area contributed by atoms with Gasteiger partial charge in [0.1, 0.15) is 0 Å². The van der Waals surface area contributed by atoms with E-state index in [1.807, 2.05) is 59.4 Å². The van der Waals surface area contributed by atoms with Gasteiger partial charge in [-0.1, -0.05) is 42.8 Å². The molecule has 0 aliphatic rings. The highest BCUT2D eigenvalue weighted by molar-refractivity contribution is 6.30. The van der Waals surface area contributed by atoms with Crippen molar-refractivity contribution in [2.75, 3.05) is 5.32 Å². The Labute approximate surface area is 146 Å². The maximum absolute atomic E-state index is 9.10. The van der Waals surface area contributed by atoms with Gasteiger partial charge < -0.3 is 10.4 Å². The number of hydrogen-bond donors (Lipinski definition) is 2. The molecule has 4 nitrogen and oxygen atoms in total. The number of anilines is 1. The van der Waals surface area contributed by atoms with E-state index < -0.39 is 0 Å². The van der Waals surface area contributed by atoms with E-state index in [0.29, 0.717) is 11.6 Å². The molecule has 0 aliphatic heterocycles. The van der Waals surface area contributed by atoms with Gasteiger partial charge in [0.15, 0.2) is 0 Å². The van der Waals surface area contributed by atoms with Gasteiger partial charge in [-0.2, -0.15) is 5.10 Å². The third-order valence-corrected chi connectivity index (χ3v) is 4.22. The minimum Gasteiger partial charge on any atom is -0.392 e. The summed E-state index contributed by atoms with van der Waals surface area (Å²) in [4.78, 5) is 0. The predicted octanol–water partition coefficient (Wildman–Crippen LogP) is 4.19. The van der Waals surface area contributed by atoms with E-state index in [1.165, 1.54) is 0 Å². The lowest BCUT2D eigenvalue weighted by molar-refractivity contribution is 0.282. The molecule has 0 spiro atoms. The number of nitrogens with zero attached hydrogens (tertiary/aromatic N) is 2. The topological polar surface area (TPSA) is 50.1 Å². The van der Waals surface area contributed by atoms with Crippen LogP contribution in [0.3, 0.4) is 0 Å². The Balaban J connectivity index is 1.77. The minimum atomic E-state index is 0.0710. The van der Waals surface area contributed by atoms with Crippen LogP contribution in [-0.4, -0.2) is 14.9 Å². The van der Waals surface area contributed by atoms with Crippen molar-refractivity contribution in [2.24, 2.45) is 0 Å². The number of hydrogen-bond acceptors (Lipinski definition) is 3. The Morgan fingerprint density at radius 3 is 2.33 bits per heavy atom. The molecule has 1 aromatic heterocycles. The number of nitrogens with one attached hydrogen (secondary N) is 1. The summed E-state index contributed by atoms with van der Waals surface area (Å²) in [6.07, 6.45) is 2.73. The van der Waals surface area contributed by atoms with Crippen LogP contribution < -0.4 is 5.32 Å². The quantitative estimate of drug-likeness (QED) is 0.706. The van der Waals surface area contributed by atoms with Gasteiger partial charge >= 0.3 is 0 Å². The second-order valence-corrected chi connectivity index (χ2v) is 6.01. The number of rotatable bonds is 6. The molecule has 5 heteroatoms. The molecular weight excluding hydrogens is 322 g/mol. The van der Waals surface area contributed by atoms with E-state index in [9.17, 15) is 0 Å². The average molecular weight is 342 g/mol. The first kappa shape index (κ1) is 16.6. The summed E-state index contributed by atoms with van der Waals surface area (Å²) >= 11 is 5.96. The normalized spacial score (nSPS) is 10.8. The Hall–Kier alpha value is -2.30. The van der Waals surface area contributed by atoms with E-state index in [1.54, 1.807) is 0 Å². The third kappa shape index (κ3) is 3.61. The van der Waals surface area contributed by atoms with Crippen molar-refractivity contribution in [3.05, 3.63) is 76.6 Å². The van der Waals surface area contributed by atoms with Crippen LogP contribution in [0.25, 0.3) is 5.69 Å². The molecule has 0 saturated carbocycles. The molecule has 3 aromatic rings. The zero-order chi connectivity index (χ0) is 16.9. The van der Waals surface area contributed by atoms with Crippen molar-refractivity contribution in [1.82, 2.24) is 9.78 Å². The van der Waals surface area contributed by atoms with Crippen molar-refractivity contribution >= 4 is 17.3 Å². The number of aromatic nitrogens is 2. The summed E-state index contributed by atoms with van der Waals surface area (Å²) in [5.74, 6) is 0. The maximum Gasteiger partial charge on any atom is 0.0766 e. The average Bonchev–Trinajstić information content (AvgIpc) is 3.04. The van der Waals surface area contributed by atoms with E-state index in [-0.39, 0.29) is 6.61 Å². The molecular formula is C19H20ClN3O. The SMILES string of the molecule is CCc1c(NCc2ccc(CO)cc2)cnn1-c1ccc(Cl)cc1. The van der Waals surface area contributed by atoms with E-state index in [4.69, 9.17) is 16.7 Å². The number of benzene rings is 2. The highest BCUT2D eigenvalue weighted by Gasteiger charge is 2.10. The first-order chi connectivity index (χ1) is 11.7. The molecule has 0 saturated heterocycles. The summed E-state index contributed by atoms with van der Waals surface area (Å²) in [5.41, 5.74) is 5.23. The Morgan fingerprint density at radius 2 is 1.71 bits per heavy atom. The molecule has 0 fully saturated rings. The van der Waals surface area contributed by atoms with E-state index >= 15 is 0 Å². The smallest absolute Gasteiger partial charge is 0.0766 e. The molecule has 3 rings (SSSR count). The van der Waals surface area contributed by atoms with Crippen LogP contribution in [0.15, 0.2) is 54.7 Å². The second kappa shape index (κ2) is 7.51. The van der Waals surface area contributed by atoms with Crippen molar-refractivity contribution in [2.45, 2.75) is 26.5 Å². The van der Waals surface area contributed by atoms with Gasteiger partial charge in [0.25, 0.3) is 0 Å². The highest BCUT2D eigenvalue weighted by atomic mass is 35.5. The zero-order valence-electron chi connectivity index (χ0n) is 13.5. The van der Waals surface area contributed by atoms with Gasteiger partial charge in [-0.05, 0) is 41.8 Å². The fourth-order valence-corrected chi connectivity index (χ4v) is 2.75. The van der Waals surface area contributed by atoms with Crippen molar-refractivity contribution in [3.8, 4) is 5.69 Å². The first-order valence-corrected chi connectivity index (χ1v) is 8.34. The monoisotopic (exact) mass is 341 g/mol. The van der Waals surface area contributed by atoms with Crippen LogP contribution in [0, 0.1) is 0 Å².